The molecule has 2 heterocycles. The van der Waals surface area contributed by atoms with Gasteiger partial charge in [-0.2, -0.15) is 0 Å². The van der Waals surface area contributed by atoms with Crippen molar-refractivity contribution in [3.8, 4) is 5.88 Å². The molecular weight excluding hydrogens is 365 g/mol. The Kier molecular flexibility index (Phi) is 6.72. The second-order valence-electron chi connectivity index (χ2n) is 8.01. The number of aromatic nitrogens is 1. The van der Waals surface area contributed by atoms with E-state index < -0.39 is 0 Å². The molecule has 0 unspecified atom stereocenters. The highest BCUT2D eigenvalue weighted by atomic mass is 19.1. The lowest BCUT2D eigenvalue weighted by molar-refractivity contribution is 0.0782. The average molecular weight is 395 g/mol. The predicted octanol–water partition coefficient (Wildman–Crippen LogP) is 1.65. The number of halogens is 1. The number of carbonyl (C=O) groups excluding carboxylic acids is 1. The number of aliphatic hydroxyl groups excluding tert-OH is 1. The smallest absolute Gasteiger partial charge is 0.270 e. The van der Waals surface area contributed by atoms with Gasteiger partial charge in [-0.15, -0.1) is 0 Å². The molecule has 2 aliphatic rings. The minimum atomic E-state index is -0.351. The van der Waals surface area contributed by atoms with Crippen LogP contribution in [0.2, 0.25) is 0 Å². The molecule has 28 heavy (non-hydrogen) atoms. The second-order valence-corrected chi connectivity index (χ2v) is 8.01. The van der Waals surface area contributed by atoms with Gasteiger partial charge in [-0.25, -0.2) is 4.98 Å². The summed E-state index contributed by atoms with van der Waals surface area (Å²) in [5.74, 6) is 0.420. The van der Waals surface area contributed by atoms with Crippen LogP contribution in [0.4, 0.5) is 10.1 Å². The molecule has 1 aromatic heterocycles. The molecule has 0 aromatic carbocycles. The highest BCUT2D eigenvalue weighted by Gasteiger charge is 2.38. The summed E-state index contributed by atoms with van der Waals surface area (Å²) in [6, 6.07) is 3.15. The highest BCUT2D eigenvalue weighted by molar-refractivity contribution is 5.93. The standard InChI is InChI=1S/C20H30FN3O4/c1-12(2)17(10-25)22-19(26)16-4-5-18(24-8-15(9-24)27-3)20(23-16)28-11-14-6-13(14)7-21/h4-5,12-15,17,25H,6-11H2,1-3H3,(H,22,26)/t13-,14+,17-/m1/s1. The Balaban J connectivity index is 1.73. The summed E-state index contributed by atoms with van der Waals surface area (Å²) in [4.78, 5) is 19.1. The van der Waals surface area contributed by atoms with Crippen molar-refractivity contribution in [3.63, 3.8) is 0 Å². The number of methoxy groups -OCH3 is 1. The lowest BCUT2D eigenvalue weighted by Gasteiger charge is -2.40. The van der Waals surface area contributed by atoms with Gasteiger partial charge in [-0.05, 0) is 36.3 Å². The molecule has 1 aliphatic carbocycles. The van der Waals surface area contributed by atoms with E-state index >= 15 is 0 Å². The summed E-state index contributed by atoms with van der Waals surface area (Å²) in [7, 11) is 1.68. The number of anilines is 1. The van der Waals surface area contributed by atoms with Gasteiger partial charge < -0.3 is 24.8 Å². The molecule has 3 rings (SSSR count). The van der Waals surface area contributed by atoms with Crippen molar-refractivity contribution in [3.05, 3.63) is 17.8 Å². The van der Waals surface area contributed by atoms with E-state index in [0.717, 1.165) is 25.2 Å². The number of ether oxygens (including phenoxy) is 2. The first kappa shape index (κ1) is 20.8. The lowest BCUT2D eigenvalue weighted by Crippen LogP contribution is -2.52. The third kappa shape index (κ3) is 4.72. The first-order valence-corrected chi connectivity index (χ1v) is 9.86. The van der Waals surface area contributed by atoms with Crippen molar-refractivity contribution >= 4 is 11.6 Å². The Morgan fingerprint density at radius 2 is 2.14 bits per heavy atom. The number of rotatable bonds is 10. The number of hydrogen-bond acceptors (Lipinski definition) is 6. The van der Waals surface area contributed by atoms with Gasteiger partial charge in [-0.1, -0.05) is 13.8 Å². The van der Waals surface area contributed by atoms with Crippen LogP contribution in [0.15, 0.2) is 12.1 Å². The van der Waals surface area contributed by atoms with Crippen molar-refractivity contribution in [1.82, 2.24) is 10.3 Å². The van der Waals surface area contributed by atoms with Crippen LogP contribution in [0.25, 0.3) is 0 Å². The maximum Gasteiger partial charge on any atom is 0.270 e. The zero-order valence-electron chi connectivity index (χ0n) is 16.7. The maximum absolute atomic E-state index is 12.7. The van der Waals surface area contributed by atoms with E-state index in [-0.39, 0.29) is 54.8 Å². The van der Waals surface area contributed by atoms with Crippen LogP contribution >= 0.6 is 0 Å². The van der Waals surface area contributed by atoms with Gasteiger partial charge >= 0.3 is 0 Å². The zero-order valence-corrected chi connectivity index (χ0v) is 16.7. The van der Waals surface area contributed by atoms with Crippen molar-refractivity contribution < 1.29 is 23.8 Å². The predicted molar refractivity (Wildman–Crippen MR) is 103 cm³/mol. The average Bonchev–Trinajstić information content (AvgIpc) is 3.42. The lowest BCUT2D eigenvalue weighted by atomic mass is 10.1. The molecule has 8 heteroatoms. The van der Waals surface area contributed by atoms with E-state index in [1.807, 2.05) is 19.9 Å². The van der Waals surface area contributed by atoms with E-state index in [1.54, 1.807) is 13.2 Å². The molecule has 2 fully saturated rings. The number of carbonyl (C=O) groups is 1. The number of nitrogens with zero attached hydrogens (tertiary/aromatic N) is 2. The molecule has 0 radical (unpaired) electrons. The molecule has 1 aliphatic heterocycles. The minimum absolute atomic E-state index is 0.0770. The summed E-state index contributed by atoms with van der Waals surface area (Å²) < 4.78 is 24.0. The van der Waals surface area contributed by atoms with Crippen molar-refractivity contribution in [2.45, 2.75) is 32.4 Å². The fourth-order valence-electron chi connectivity index (χ4n) is 3.25. The van der Waals surface area contributed by atoms with Gasteiger partial charge in [0.05, 0.1) is 32.0 Å². The SMILES string of the molecule is COC1CN(c2ccc(C(=O)N[C@H](CO)C(C)C)nc2OC[C@@H]2C[C@@H]2CF)C1. The Bertz CT molecular complexity index is 681. The van der Waals surface area contributed by atoms with Crippen LogP contribution < -0.4 is 15.0 Å². The minimum Gasteiger partial charge on any atom is -0.476 e. The van der Waals surface area contributed by atoms with E-state index in [2.05, 4.69) is 15.2 Å². The summed E-state index contributed by atoms with van der Waals surface area (Å²) in [6.45, 7) is 5.26. The van der Waals surface area contributed by atoms with Crippen LogP contribution in [-0.4, -0.2) is 68.2 Å². The van der Waals surface area contributed by atoms with E-state index in [9.17, 15) is 14.3 Å². The molecule has 156 valence electrons. The van der Waals surface area contributed by atoms with Crippen molar-refractivity contribution in [1.29, 1.82) is 0 Å². The third-order valence-electron chi connectivity index (χ3n) is 5.61. The maximum atomic E-state index is 12.7. The first-order valence-electron chi connectivity index (χ1n) is 9.86. The van der Waals surface area contributed by atoms with Crippen molar-refractivity contribution in [2.24, 2.45) is 17.8 Å². The number of hydrogen-bond donors (Lipinski definition) is 2. The van der Waals surface area contributed by atoms with E-state index in [0.29, 0.717) is 12.5 Å². The molecule has 7 nitrogen and oxygen atoms in total. The Morgan fingerprint density at radius 1 is 1.39 bits per heavy atom. The Hall–Kier alpha value is -1.93. The monoisotopic (exact) mass is 395 g/mol. The highest BCUT2D eigenvalue weighted by Crippen LogP contribution is 2.40. The Morgan fingerprint density at radius 3 is 2.71 bits per heavy atom. The van der Waals surface area contributed by atoms with Crippen LogP contribution in [0.5, 0.6) is 5.88 Å². The van der Waals surface area contributed by atoms with Gasteiger partial charge in [0.25, 0.3) is 5.91 Å². The number of alkyl halides is 1. The van der Waals surface area contributed by atoms with Gasteiger partial charge in [0, 0.05) is 20.2 Å². The van der Waals surface area contributed by atoms with E-state index in [4.69, 9.17) is 9.47 Å². The zero-order chi connectivity index (χ0) is 20.3. The van der Waals surface area contributed by atoms with Crippen LogP contribution in [0, 0.1) is 17.8 Å². The van der Waals surface area contributed by atoms with Gasteiger partial charge in [-0.3, -0.25) is 9.18 Å². The fourth-order valence-corrected chi connectivity index (χ4v) is 3.25. The van der Waals surface area contributed by atoms with Crippen LogP contribution in [-0.2, 0) is 4.74 Å². The molecule has 1 saturated heterocycles. The molecule has 0 bridgehead atoms. The fraction of sp³-hybridized carbons (Fsp3) is 0.700. The largest absolute Gasteiger partial charge is 0.476 e. The quantitative estimate of drug-likeness (QED) is 0.627. The molecule has 1 saturated carbocycles. The number of aliphatic hydroxyl groups is 1. The molecule has 1 amide bonds. The number of amides is 1. The third-order valence-corrected chi connectivity index (χ3v) is 5.61. The normalized spacial score (nSPS) is 22.7. The summed E-state index contributed by atoms with van der Waals surface area (Å²) in [5.41, 5.74) is 1.05. The van der Waals surface area contributed by atoms with Gasteiger partial charge in [0.2, 0.25) is 5.88 Å². The number of pyridine rings is 1. The van der Waals surface area contributed by atoms with Gasteiger partial charge in [0.15, 0.2) is 0 Å². The van der Waals surface area contributed by atoms with Gasteiger partial charge in [0.1, 0.15) is 11.4 Å². The first-order chi connectivity index (χ1) is 13.5. The van der Waals surface area contributed by atoms with Crippen molar-refractivity contribution in [2.75, 3.05) is 45.0 Å². The summed E-state index contributed by atoms with van der Waals surface area (Å²) >= 11 is 0. The van der Waals surface area contributed by atoms with Crippen LogP contribution in [0.1, 0.15) is 30.8 Å². The molecule has 0 spiro atoms. The molecule has 2 N–H and O–H groups in total. The summed E-state index contributed by atoms with van der Waals surface area (Å²) in [5, 5.41) is 12.2. The van der Waals surface area contributed by atoms with E-state index in [1.165, 1.54) is 0 Å². The van der Waals surface area contributed by atoms with Crippen LogP contribution in [0.3, 0.4) is 0 Å². The molecular formula is C20H30FN3O4. The second kappa shape index (κ2) is 9.05. The molecule has 3 atom stereocenters. The Labute approximate surface area is 165 Å². The number of nitrogens with one attached hydrogen (secondary N) is 1. The summed E-state index contributed by atoms with van der Waals surface area (Å²) in [6.07, 6.45) is 1.00. The topological polar surface area (TPSA) is 83.9 Å². The molecule has 1 aromatic rings.